The van der Waals surface area contributed by atoms with E-state index in [1.165, 1.54) is 30.3 Å². The summed E-state index contributed by atoms with van der Waals surface area (Å²) < 4.78 is 52.7. The quantitative estimate of drug-likeness (QED) is 0.248. The molecule has 2 aromatic carbocycles. The molecule has 0 atom stereocenters. The zero-order valence-corrected chi connectivity index (χ0v) is 20.0. The molecule has 9 nitrogen and oxygen atoms in total. The lowest BCUT2D eigenvalue weighted by Gasteiger charge is -2.10. The largest absolute Gasteiger partial charge is 0.487 e. The van der Waals surface area contributed by atoms with Crippen LogP contribution in [0.5, 0.6) is 5.75 Å². The van der Waals surface area contributed by atoms with Crippen LogP contribution in [0.15, 0.2) is 77.9 Å². The van der Waals surface area contributed by atoms with Crippen LogP contribution in [0.3, 0.4) is 0 Å². The smallest absolute Gasteiger partial charge is 0.416 e. The number of aromatic nitrogens is 7. The molecule has 5 rings (SSSR count). The van der Waals surface area contributed by atoms with Crippen LogP contribution in [0, 0.1) is 0 Å². The standard InChI is InChI=1S/C26H22F3N7O2/c27-26(28,29)21-7-5-20(24(16-21)36-31-11-12-32-36)6-10-25-33-22(18-38-25)17-37-23-8-3-19(4-9-23)2-1-14-35-15-13-30-34-35/h3-13,15-16,18H,1-2,14,17H2. The fourth-order valence-corrected chi connectivity index (χ4v) is 3.71. The van der Waals surface area contributed by atoms with Crippen LogP contribution >= 0.6 is 0 Å². The molecule has 0 aliphatic heterocycles. The number of hydrogen-bond donors (Lipinski definition) is 0. The summed E-state index contributed by atoms with van der Waals surface area (Å²) in [6, 6.07) is 11.2. The van der Waals surface area contributed by atoms with Crippen molar-refractivity contribution < 1.29 is 22.3 Å². The van der Waals surface area contributed by atoms with E-state index in [-0.39, 0.29) is 18.2 Å². The molecule has 0 saturated carbocycles. The molecule has 0 aliphatic carbocycles. The van der Waals surface area contributed by atoms with Crippen molar-refractivity contribution in [1.82, 2.24) is 35.0 Å². The van der Waals surface area contributed by atoms with Crippen molar-refractivity contribution in [3.63, 3.8) is 0 Å². The van der Waals surface area contributed by atoms with Gasteiger partial charge in [-0.05, 0) is 48.7 Å². The van der Waals surface area contributed by atoms with Gasteiger partial charge in [0.25, 0.3) is 0 Å². The van der Waals surface area contributed by atoms with Gasteiger partial charge in [0, 0.05) is 24.4 Å². The molecule has 0 aliphatic rings. The zero-order valence-electron chi connectivity index (χ0n) is 20.0. The second-order valence-electron chi connectivity index (χ2n) is 8.30. The lowest BCUT2D eigenvalue weighted by atomic mass is 10.1. The second kappa shape index (κ2) is 11.1. The van der Waals surface area contributed by atoms with Crippen LogP contribution in [0.25, 0.3) is 17.8 Å². The first kappa shape index (κ1) is 24.9. The van der Waals surface area contributed by atoms with Crippen LogP contribution in [-0.2, 0) is 25.7 Å². The first-order chi connectivity index (χ1) is 18.4. The van der Waals surface area contributed by atoms with E-state index >= 15 is 0 Å². The lowest BCUT2D eigenvalue weighted by Crippen LogP contribution is -2.08. The maximum atomic E-state index is 13.2. The van der Waals surface area contributed by atoms with E-state index in [0.717, 1.165) is 36.3 Å². The number of rotatable bonds is 10. The molecule has 3 heterocycles. The first-order valence-corrected chi connectivity index (χ1v) is 11.7. The third-order valence-corrected chi connectivity index (χ3v) is 5.60. The zero-order chi connectivity index (χ0) is 26.4. The summed E-state index contributed by atoms with van der Waals surface area (Å²) >= 11 is 0. The summed E-state index contributed by atoms with van der Waals surface area (Å²) in [5.41, 5.74) is 1.61. The fourth-order valence-electron chi connectivity index (χ4n) is 3.71. The maximum Gasteiger partial charge on any atom is 0.416 e. The van der Waals surface area contributed by atoms with Gasteiger partial charge in [0.15, 0.2) is 0 Å². The van der Waals surface area contributed by atoms with Gasteiger partial charge >= 0.3 is 6.18 Å². The van der Waals surface area contributed by atoms with E-state index in [1.54, 1.807) is 23.0 Å². The summed E-state index contributed by atoms with van der Waals surface area (Å²) in [7, 11) is 0. The summed E-state index contributed by atoms with van der Waals surface area (Å²) in [5.74, 6) is 0.983. The molecule has 3 aromatic heterocycles. The van der Waals surface area contributed by atoms with Gasteiger partial charge in [-0.2, -0.15) is 28.2 Å². The number of aryl methyl sites for hydroxylation is 2. The Hall–Kier alpha value is -4.74. The number of ether oxygens (including phenoxy) is 1. The van der Waals surface area contributed by atoms with Gasteiger partial charge in [-0.25, -0.2) is 4.98 Å². The molecule has 0 N–H and O–H groups in total. The van der Waals surface area contributed by atoms with Crippen molar-refractivity contribution in [3.05, 3.63) is 102 Å². The predicted molar refractivity (Wildman–Crippen MR) is 131 cm³/mol. The van der Waals surface area contributed by atoms with E-state index in [1.807, 2.05) is 30.5 Å². The molecule has 0 amide bonds. The van der Waals surface area contributed by atoms with Gasteiger partial charge in [0.05, 0.1) is 29.8 Å². The maximum absolute atomic E-state index is 13.2. The van der Waals surface area contributed by atoms with E-state index in [4.69, 9.17) is 9.15 Å². The molecule has 12 heteroatoms. The molecule has 38 heavy (non-hydrogen) atoms. The number of oxazole rings is 1. The van der Waals surface area contributed by atoms with Gasteiger partial charge in [-0.1, -0.05) is 23.4 Å². The number of benzene rings is 2. The van der Waals surface area contributed by atoms with Crippen molar-refractivity contribution in [2.45, 2.75) is 32.2 Å². The topological polar surface area (TPSA) is 96.7 Å². The lowest BCUT2D eigenvalue weighted by molar-refractivity contribution is -0.137. The molecule has 0 saturated heterocycles. The number of halogens is 3. The van der Waals surface area contributed by atoms with Gasteiger partial charge in [-0.15, -0.1) is 5.10 Å². The number of hydrogen-bond acceptors (Lipinski definition) is 7. The Bertz CT molecular complexity index is 1480. The molecule has 0 bridgehead atoms. The Labute approximate surface area is 215 Å². The van der Waals surface area contributed by atoms with Crippen molar-refractivity contribution >= 4 is 12.2 Å². The Morgan fingerprint density at radius 2 is 1.79 bits per heavy atom. The minimum absolute atomic E-state index is 0.179. The van der Waals surface area contributed by atoms with E-state index in [0.29, 0.717) is 17.0 Å². The highest BCUT2D eigenvalue weighted by molar-refractivity contribution is 5.71. The first-order valence-electron chi connectivity index (χ1n) is 11.7. The Balaban J connectivity index is 1.18. The minimum atomic E-state index is -4.49. The number of alkyl halides is 3. The molecular weight excluding hydrogens is 499 g/mol. The van der Waals surface area contributed by atoms with Crippen molar-refractivity contribution in [2.24, 2.45) is 0 Å². The van der Waals surface area contributed by atoms with Crippen molar-refractivity contribution in [2.75, 3.05) is 0 Å². The van der Waals surface area contributed by atoms with E-state index in [9.17, 15) is 13.2 Å². The summed E-state index contributed by atoms with van der Waals surface area (Å²) in [5, 5.41) is 15.7. The second-order valence-corrected chi connectivity index (χ2v) is 8.30. The van der Waals surface area contributed by atoms with E-state index < -0.39 is 11.7 Å². The highest BCUT2D eigenvalue weighted by Gasteiger charge is 2.31. The summed E-state index contributed by atoms with van der Waals surface area (Å²) in [4.78, 5) is 5.49. The molecule has 0 fully saturated rings. The van der Waals surface area contributed by atoms with Crippen LogP contribution in [-0.4, -0.2) is 35.0 Å². The average Bonchev–Trinajstić information content (AvgIpc) is 3.70. The monoisotopic (exact) mass is 521 g/mol. The third kappa shape index (κ3) is 6.33. The fraction of sp³-hybridized carbons (Fsp3) is 0.192. The molecular formula is C26H22F3N7O2. The van der Waals surface area contributed by atoms with Crippen LogP contribution < -0.4 is 4.74 Å². The van der Waals surface area contributed by atoms with Gasteiger partial charge in [0.1, 0.15) is 24.3 Å². The van der Waals surface area contributed by atoms with Crippen molar-refractivity contribution in [3.8, 4) is 11.4 Å². The molecule has 5 aromatic rings. The minimum Gasteiger partial charge on any atom is -0.487 e. The molecule has 0 radical (unpaired) electrons. The van der Waals surface area contributed by atoms with E-state index in [2.05, 4.69) is 25.5 Å². The Morgan fingerprint density at radius 3 is 2.53 bits per heavy atom. The third-order valence-electron chi connectivity index (χ3n) is 5.60. The normalized spacial score (nSPS) is 11.9. The average molecular weight is 522 g/mol. The number of nitrogens with zero attached hydrogens (tertiary/aromatic N) is 7. The van der Waals surface area contributed by atoms with Crippen LogP contribution in [0.1, 0.15) is 34.7 Å². The van der Waals surface area contributed by atoms with Crippen LogP contribution in [0.4, 0.5) is 13.2 Å². The predicted octanol–water partition coefficient (Wildman–Crippen LogP) is 5.25. The van der Waals surface area contributed by atoms with Gasteiger partial charge < -0.3 is 9.15 Å². The highest BCUT2D eigenvalue weighted by Crippen LogP contribution is 2.32. The summed E-state index contributed by atoms with van der Waals surface area (Å²) in [6.45, 7) is 1.01. The SMILES string of the molecule is FC(F)(F)c1ccc(C=Cc2nc(COc3ccc(CCCn4ccnn4)cc3)co2)c(-n2nccn2)c1. The Morgan fingerprint density at radius 1 is 0.974 bits per heavy atom. The molecule has 0 unspecified atom stereocenters. The Kier molecular flexibility index (Phi) is 7.29. The van der Waals surface area contributed by atoms with Crippen LogP contribution in [0.2, 0.25) is 0 Å². The van der Waals surface area contributed by atoms with Gasteiger partial charge in [-0.3, -0.25) is 4.68 Å². The van der Waals surface area contributed by atoms with Gasteiger partial charge in [0.2, 0.25) is 5.89 Å². The van der Waals surface area contributed by atoms with Crippen molar-refractivity contribution in [1.29, 1.82) is 0 Å². The summed E-state index contributed by atoms with van der Waals surface area (Å²) in [6.07, 6.45) is 8.29. The molecule has 194 valence electrons. The molecule has 0 spiro atoms. The highest BCUT2D eigenvalue weighted by atomic mass is 19.4.